The van der Waals surface area contributed by atoms with Gasteiger partial charge in [-0.2, -0.15) is 5.10 Å². The van der Waals surface area contributed by atoms with Gasteiger partial charge in [0.15, 0.2) is 0 Å². The average Bonchev–Trinajstić information content (AvgIpc) is 2.09. The quantitative estimate of drug-likeness (QED) is 0.792. The molecule has 2 nitrogen and oxygen atoms in total. The van der Waals surface area contributed by atoms with Crippen LogP contribution in [-0.2, 0) is 6.42 Å². The van der Waals surface area contributed by atoms with Crippen molar-refractivity contribution < 1.29 is 0 Å². The smallest absolute Gasteiger partial charge is 0.129 e. The van der Waals surface area contributed by atoms with Crippen LogP contribution < -0.4 is 0 Å². The molecule has 0 saturated carbocycles. The molecule has 1 aromatic rings. The standard InChI is InChI=1S/C9H12Br2N2/c1-2-3-4-5-8-7(10)6-9(11)13-12-8/h6H,2-5H2,1H3. The first-order valence-electron chi connectivity index (χ1n) is 4.41. The molecule has 1 rings (SSSR count). The Balaban J connectivity index is 2.56. The molecule has 0 saturated heterocycles. The molecule has 0 aliphatic rings. The molecule has 72 valence electrons. The summed E-state index contributed by atoms with van der Waals surface area (Å²) in [6, 6.07) is 1.94. The van der Waals surface area contributed by atoms with Gasteiger partial charge in [-0.1, -0.05) is 19.8 Å². The second-order valence-corrected chi connectivity index (χ2v) is 4.59. The summed E-state index contributed by atoms with van der Waals surface area (Å²) in [4.78, 5) is 0. The minimum atomic E-state index is 0.776. The fourth-order valence-electron chi connectivity index (χ4n) is 1.08. The topological polar surface area (TPSA) is 25.8 Å². The monoisotopic (exact) mass is 306 g/mol. The third kappa shape index (κ3) is 3.73. The van der Waals surface area contributed by atoms with Gasteiger partial charge in [-0.05, 0) is 50.8 Å². The van der Waals surface area contributed by atoms with Gasteiger partial charge in [-0.15, -0.1) is 5.10 Å². The average molecular weight is 308 g/mol. The van der Waals surface area contributed by atoms with Crippen LogP contribution in [0.4, 0.5) is 0 Å². The molecule has 0 fully saturated rings. The van der Waals surface area contributed by atoms with Gasteiger partial charge in [0.25, 0.3) is 0 Å². The van der Waals surface area contributed by atoms with Crippen LogP contribution in [-0.4, -0.2) is 10.2 Å². The van der Waals surface area contributed by atoms with E-state index in [-0.39, 0.29) is 0 Å². The van der Waals surface area contributed by atoms with E-state index in [1.165, 1.54) is 19.3 Å². The van der Waals surface area contributed by atoms with Crippen LogP contribution in [0.25, 0.3) is 0 Å². The molecule has 13 heavy (non-hydrogen) atoms. The van der Waals surface area contributed by atoms with Crippen molar-refractivity contribution >= 4 is 31.9 Å². The fourth-order valence-corrected chi connectivity index (χ4v) is 2.19. The Morgan fingerprint density at radius 2 is 2.00 bits per heavy atom. The maximum Gasteiger partial charge on any atom is 0.129 e. The molecule has 0 bridgehead atoms. The largest absolute Gasteiger partial charge is 0.153 e. The van der Waals surface area contributed by atoms with Crippen molar-refractivity contribution in [1.82, 2.24) is 10.2 Å². The molecule has 0 spiro atoms. The molecule has 0 aliphatic carbocycles. The van der Waals surface area contributed by atoms with Gasteiger partial charge < -0.3 is 0 Å². The van der Waals surface area contributed by atoms with Crippen molar-refractivity contribution in [2.75, 3.05) is 0 Å². The van der Waals surface area contributed by atoms with Crippen molar-refractivity contribution in [3.8, 4) is 0 Å². The van der Waals surface area contributed by atoms with Crippen LogP contribution >= 0.6 is 31.9 Å². The predicted molar refractivity (Wildman–Crippen MR) is 60.7 cm³/mol. The van der Waals surface area contributed by atoms with Crippen molar-refractivity contribution in [1.29, 1.82) is 0 Å². The number of nitrogens with zero attached hydrogens (tertiary/aromatic N) is 2. The van der Waals surface area contributed by atoms with Crippen molar-refractivity contribution in [2.24, 2.45) is 0 Å². The number of aromatic nitrogens is 2. The SMILES string of the molecule is CCCCCc1nnc(Br)cc1Br. The van der Waals surface area contributed by atoms with Gasteiger partial charge in [0.05, 0.1) is 5.69 Å². The minimum absolute atomic E-state index is 0.776. The van der Waals surface area contributed by atoms with Crippen molar-refractivity contribution in [2.45, 2.75) is 32.6 Å². The molecular weight excluding hydrogens is 296 g/mol. The zero-order valence-corrected chi connectivity index (χ0v) is 10.7. The van der Waals surface area contributed by atoms with E-state index in [1.807, 2.05) is 6.07 Å². The lowest BCUT2D eigenvalue weighted by Gasteiger charge is -2.01. The maximum atomic E-state index is 4.11. The Kier molecular flexibility index (Phi) is 4.88. The third-order valence-electron chi connectivity index (χ3n) is 1.80. The van der Waals surface area contributed by atoms with Crippen LogP contribution in [0.1, 0.15) is 31.9 Å². The Hall–Kier alpha value is 0.0400. The molecule has 0 aliphatic heterocycles. The molecule has 0 radical (unpaired) electrons. The second kappa shape index (κ2) is 5.70. The number of aryl methyl sites for hydroxylation is 1. The molecule has 1 aromatic heterocycles. The Labute approximate surface area is 95.4 Å². The molecule has 0 amide bonds. The molecule has 0 aromatic carbocycles. The second-order valence-electron chi connectivity index (χ2n) is 2.92. The van der Waals surface area contributed by atoms with E-state index in [9.17, 15) is 0 Å². The predicted octanol–water partition coefficient (Wildman–Crippen LogP) is 3.73. The first-order valence-corrected chi connectivity index (χ1v) is 6.00. The van der Waals surface area contributed by atoms with E-state index in [0.29, 0.717) is 0 Å². The number of rotatable bonds is 4. The molecule has 0 unspecified atom stereocenters. The lowest BCUT2D eigenvalue weighted by atomic mass is 10.1. The van der Waals surface area contributed by atoms with Gasteiger partial charge >= 0.3 is 0 Å². The highest BCUT2D eigenvalue weighted by Crippen LogP contribution is 2.19. The van der Waals surface area contributed by atoms with Crippen LogP contribution in [0, 0.1) is 0 Å². The van der Waals surface area contributed by atoms with Crippen LogP contribution in [0.3, 0.4) is 0 Å². The first kappa shape index (κ1) is 11.1. The van der Waals surface area contributed by atoms with Gasteiger partial charge in [-0.25, -0.2) is 0 Å². The van der Waals surface area contributed by atoms with E-state index in [0.717, 1.165) is 21.2 Å². The van der Waals surface area contributed by atoms with Crippen molar-refractivity contribution in [3.05, 3.63) is 20.8 Å². The number of unbranched alkanes of at least 4 members (excludes halogenated alkanes) is 2. The molecule has 0 N–H and O–H groups in total. The summed E-state index contributed by atoms with van der Waals surface area (Å²) in [5, 5.41) is 8.06. The van der Waals surface area contributed by atoms with Crippen LogP contribution in [0.2, 0.25) is 0 Å². The number of hydrogen-bond donors (Lipinski definition) is 0. The fraction of sp³-hybridized carbons (Fsp3) is 0.556. The summed E-state index contributed by atoms with van der Waals surface area (Å²) in [6.45, 7) is 2.20. The highest BCUT2D eigenvalue weighted by Gasteiger charge is 2.02. The summed E-state index contributed by atoms with van der Waals surface area (Å²) in [5.41, 5.74) is 1.05. The van der Waals surface area contributed by atoms with Gasteiger partial charge in [-0.3, -0.25) is 0 Å². The summed E-state index contributed by atoms with van der Waals surface area (Å²) >= 11 is 6.74. The zero-order chi connectivity index (χ0) is 9.68. The van der Waals surface area contributed by atoms with Crippen molar-refractivity contribution in [3.63, 3.8) is 0 Å². The van der Waals surface area contributed by atoms with E-state index in [4.69, 9.17) is 0 Å². The Bertz CT molecular complexity index is 276. The van der Waals surface area contributed by atoms with Gasteiger partial charge in [0, 0.05) is 4.47 Å². The highest BCUT2D eigenvalue weighted by molar-refractivity contribution is 9.11. The normalized spacial score (nSPS) is 10.4. The lowest BCUT2D eigenvalue weighted by Crippen LogP contribution is -1.95. The maximum absolute atomic E-state index is 4.11. The Morgan fingerprint density at radius 3 is 2.62 bits per heavy atom. The highest BCUT2D eigenvalue weighted by atomic mass is 79.9. The van der Waals surface area contributed by atoms with E-state index >= 15 is 0 Å². The molecule has 4 heteroatoms. The molecule has 1 heterocycles. The molecule has 0 atom stereocenters. The zero-order valence-electron chi connectivity index (χ0n) is 7.56. The van der Waals surface area contributed by atoms with E-state index in [1.54, 1.807) is 0 Å². The summed E-state index contributed by atoms with van der Waals surface area (Å²) < 4.78 is 1.82. The summed E-state index contributed by atoms with van der Waals surface area (Å²) in [7, 11) is 0. The van der Waals surface area contributed by atoms with Crippen LogP contribution in [0.5, 0.6) is 0 Å². The minimum Gasteiger partial charge on any atom is -0.153 e. The van der Waals surface area contributed by atoms with E-state index in [2.05, 4.69) is 49.0 Å². The molecular formula is C9H12Br2N2. The first-order chi connectivity index (χ1) is 6.24. The Morgan fingerprint density at radius 1 is 1.23 bits per heavy atom. The summed E-state index contributed by atoms with van der Waals surface area (Å²) in [6.07, 6.45) is 4.69. The third-order valence-corrected chi connectivity index (χ3v) is 2.88. The summed E-state index contributed by atoms with van der Waals surface area (Å²) in [5.74, 6) is 0. The lowest BCUT2D eigenvalue weighted by molar-refractivity contribution is 0.696. The van der Waals surface area contributed by atoms with Gasteiger partial charge in [0.2, 0.25) is 0 Å². The van der Waals surface area contributed by atoms with E-state index < -0.39 is 0 Å². The number of halogens is 2. The van der Waals surface area contributed by atoms with Gasteiger partial charge in [0.1, 0.15) is 4.60 Å². The van der Waals surface area contributed by atoms with Crippen LogP contribution in [0.15, 0.2) is 15.1 Å². The number of hydrogen-bond acceptors (Lipinski definition) is 2.